The Hall–Kier alpha value is -0.0800. The molecule has 2 unspecified atom stereocenters. The monoisotopic (exact) mass is 256 g/mol. The molecule has 0 saturated carbocycles. The maximum Gasteiger partial charge on any atom is 0.0624 e. The highest BCUT2D eigenvalue weighted by atomic mass is 16.5. The van der Waals surface area contributed by atoms with E-state index in [-0.39, 0.29) is 0 Å². The first kappa shape index (κ1) is 16.0. The summed E-state index contributed by atoms with van der Waals surface area (Å²) in [6, 6.07) is 0. The first-order valence-electron chi connectivity index (χ1n) is 7.40. The van der Waals surface area contributed by atoms with Gasteiger partial charge in [0, 0.05) is 19.8 Å². The summed E-state index contributed by atoms with van der Waals surface area (Å²) < 4.78 is 10.8. The van der Waals surface area contributed by atoms with Gasteiger partial charge in [-0.1, -0.05) is 41.5 Å². The van der Waals surface area contributed by atoms with Gasteiger partial charge < -0.3 is 9.47 Å². The average molecular weight is 256 g/mol. The van der Waals surface area contributed by atoms with E-state index in [1.54, 1.807) is 0 Å². The Morgan fingerprint density at radius 3 is 1.72 bits per heavy atom. The molecule has 2 nitrogen and oxygen atoms in total. The molecular weight excluding hydrogens is 224 g/mol. The molecule has 18 heavy (non-hydrogen) atoms. The lowest BCUT2D eigenvalue weighted by Crippen LogP contribution is -2.24. The van der Waals surface area contributed by atoms with Crippen LogP contribution in [0.15, 0.2) is 0 Å². The maximum atomic E-state index is 5.52. The SMILES string of the molecule is CC(C)(C)C1CCCO1.CC(C)(C)C1CCOC1. The van der Waals surface area contributed by atoms with Crippen molar-refractivity contribution < 1.29 is 9.47 Å². The van der Waals surface area contributed by atoms with Crippen molar-refractivity contribution in [3.63, 3.8) is 0 Å². The maximum absolute atomic E-state index is 5.52. The van der Waals surface area contributed by atoms with E-state index >= 15 is 0 Å². The van der Waals surface area contributed by atoms with Crippen LogP contribution in [-0.2, 0) is 9.47 Å². The molecule has 2 saturated heterocycles. The third kappa shape index (κ3) is 5.27. The fourth-order valence-corrected chi connectivity index (χ4v) is 2.48. The smallest absolute Gasteiger partial charge is 0.0624 e. The quantitative estimate of drug-likeness (QED) is 0.644. The van der Waals surface area contributed by atoms with Crippen LogP contribution in [0.25, 0.3) is 0 Å². The molecule has 2 atom stereocenters. The lowest BCUT2D eigenvalue weighted by atomic mass is 9.80. The van der Waals surface area contributed by atoms with Crippen LogP contribution >= 0.6 is 0 Å². The molecule has 0 spiro atoms. The van der Waals surface area contributed by atoms with E-state index in [0.29, 0.717) is 16.9 Å². The predicted octanol–water partition coefficient (Wildman–Crippen LogP) is 4.28. The fraction of sp³-hybridized carbons (Fsp3) is 1.00. The van der Waals surface area contributed by atoms with Crippen molar-refractivity contribution in [3.8, 4) is 0 Å². The Morgan fingerprint density at radius 2 is 1.50 bits per heavy atom. The van der Waals surface area contributed by atoms with Crippen LogP contribution in [0, 0.1) is 16.7 Å². The average Bonchev–Trinajstić information content (AvgIpc) is 2.91. The van der Waals surface area contributed by atoms with E-state index in [1.165, 1.54) is 19.3 Å². The summed E-state index contributed by atoms with van der Waals surface area (Å²) >= 11 is 0. The Balaban J connectivity index is 0.000000180. The lowest BCUT2D eigenvalue weighted by molar-refractivity contribution is 0.0290. The van der Waals surface area contributed by atoms with E-state index in [9.17, 15) is 0 Å². The molecule has 2 fully saturated rings. The van der Waals surface area contributed by atoms with Gasteiger partial charge in [0.1, 0.15) is 0 Å². The van der Waals surface area contributed by atoms with E-state index in [0.717, 1.165) is 25.7 Å². The lowest BCUT2D eigenvalue weighted by Gasteiger charge is -2.25. The summed E-state index contributed by atoms with van der Waals surface area (Å²) in [5, 5.41) is 0. The Kier molecular flexibility index (Phi) is 5.67. The van der Waals surface area contributed by atoms with Crippen LogP contribution in [0.3, 0.4) is 0 Å². The second kappa shape index (κ2) is 6.38. The number of hydrogen-bond donors (Lipinski definition) is 0. The fourth-order valence-electron chi connectivity index (χ4n) is 2.48. The van der Waals surface area contributed by atoms with Gasteiger partial charge in [-0.25, -0.2) is 0 Å². The molecule has 2 heteroatoms. The van der Waals surface area contributed by atoms with Crippen LogP contribution in [0.2, 0.25) is 0 Å². The topological polar surface area (TPSA) is 18.5 Å². The van der Waals surface area contributed by atoms with E-state index in [1.807, 2.05) is 0 Å². The second-order valence-corrected chi connectivity index (χ2v) is 7.79. The van der Waals surface area contributed by atoms with Gasteiger partial charge >= 0.3 is 0 Å². The number of ether oxygens (including phenoxy) is 2. The van der Waals surface area contributed by atoms with Crippen molar-refractivity contribution in [2.24, 2.45) is 16.7 Å². The summed E-state index contributed by atoms with van der Waals surface area (Å²) in [5.74, 6) is 0.789. The zero-order chi connectivity index (χ0) is 13.8. The Morgan fingerprint density at radius 1 is 0.833 bits per heavy atom. The van der Waals surface area contributed by atoms with Crippen LogP contribution in [0.5, 0.6) is 0 Å². The Labute approximate surface area is 113 Å². The normalized spacial score (nSPS) is 29.0. The van der Waals surface area contributed by atoms with Crippen molar-refractivity contribution in [1.82, 2.24) is 0 Å². The molecule has 0 aromatic carbocycles. The second-order valence-electron chi connectivity index (χ2n) is 7.79. The third-order valence-electron chi connectivity index (χ3n) is 4.05. The zero-order valence-electron chi connectivity index (χ0n) is 13.2. The van der Waals surface area contributed by atoms with Crippen LogP contribution in [0.1, 0.15) is 60.8 Å². The van der Waals surface area contributed by atoms with E-state index in [2.05, 4.69) is 41.5 Å². The van der Waals surface area contributed by atoms with Crippen LogP contribution in [-0.4, -0.2) is 25.9 Å². The van der Waals surface area contributed by atoms with Gasteiger partial charge in [-0.3, -0.25) is 0 Å². The molecule has 0 amide bonds. The molecule has 0 N–H and O–H groups in total. The van der Waals surface area contributed by atoms with Gasteiger partial charge in [0.25, 0.3) is 0 Å². The van der Waals surface area contributed by atoms with Crippen molar-refractivity contribution in [2.75, 3.05) is 19.8 Å². The van der Waals surface area contributed by atoms with Gasteiger partial charge in [0.15, 0.2) is 0 Å². The molecule has 2 heterocycles. The molecule has 108 valence electrons. The summed E-state index contributed by atoms with van der Waals surface area (Å²) in [6.07, 6.45) is 4.27. The minimum absolute atomic E-state index is 0.358. The molecule has 0 aromatic heterocycles. The molecule has 0 bridgehead atoms. The van der Waals surface area contributed by atoms with Crippen molar-refractivity contribution in [1.29, 1.82) is 0 Å². The molecule has 0 radical (unpaired) electrons. The van der Waals surface area contributed by atoms with Gasteiger partial charge in [0.2, 0.25) is 0 Å². The third-order valence-corrected chi connectivity index (χ3v) is 4.05. The molecule has 0 aliphatic carbocycles. The number of rotatable bonds is 0. The van der Waals surface area contributed by atoms with Crippen LogP contribution < -0.4 is 0 Å². The van der Waals surface area contributed by atoms with Gasteiger partial charge in [-0.05, 0) is 36.0 Å². The minimum Gasteiger partial charge on any atom is -0.381 e. The standard InChI is InChI=1S/2C8H16O/c1-8(2,3)7-4-5-9-6-7;1-8(2,3)7-5-4-6-9-7/h2*7H,4-6H2,1-3H3. The van der Waals surface area contributed by atoms with Crippen molar-refractivity contribution in [3.05, 3.63) is 0 Å². The summed E-state index contributed by atoms with van der Waals surface area (Å²) in [7, 11) is 0. The number of hydrogen-bond acceptors (Lipinski definition) is 2. The van der Waals surface area contributed by atoms with E-state index in [4.69, 9.17) is 9.47 Å². The van der Waals surface area contributed by atoms with Gasteiger partial charge in [-0.2, -0.15) is 0 Å². The van der Waals surface area contributed by atoms with Crippen molar-refractivity contribution >= 4 is 0 Å². The first-order chi connectivity index (χ1) is 8.21. The van der Waals surface area contributed by atoms with Crippen LogP contribution in [0.4, 0.5) is 0 Å². The van der Waals surface area contributed by atoms with E-state index < -0.39 is 0 Å². The highest BCUT2D eigenvalue weighted by Gasteiger charge is 2.28. The summed E-state index contributed by atoms with van der Waals surface area (Å²) in [4.78, 5) is 0. The largest absolute Gasteiger partial charge is 0.381 e. The highest BCUT2D eigenvalue weighted by molar-refractivity contribution is 4.77. The minimum atomic E-state index is 0.358. The molecule has 2 aliphatic rings. The van der Waals surface area contributed by atoms with Crippen molar-refractivity contribution in [2.45, 2.75) is 66.9 Å². The van der Waals surface area contributed by atoms with Gasteiger partial charge in [0.05, 0.1) is 6.10 Å². The summed E-state index contributed by atoms with van der Waals surface area (Å²) in [6.45, 7) is 16.5. The molecule has 0 aromatic rings. The molecule has 2 rings (SSSR count). The predicted molar refractivity (Wildman–Crippen MR) is 76.8 cm³/mol. The Bertz CT molecular complexity index is 196. The highest BCUT2D eigenvalue weighted by Crippen LogP contribution is 2.32. The zero-order valence-corrected chi connectivity index (χ0v) is 13.2. The summed E-state index contributed by atoms with van der Waals surface area (Å²) in [5.41, 5.74) is 0.813. The molecule has 2 aliphatic heterocycles. The first-order valence-corrected chi connectivity index (χ1v) is 7.40. The van der Waals surface area contributed by atoms with Gasteiger partial charge in [-0.15, -0.1) is 0 Å². The molecular formula is C16H32O2.